The Labute approximate surface area is 128 Å². The molecule has 2 aromatic rings. The summed E-state index contributed by atoms with van der Waals surface area (Å²) in [5, 5.41) is 9.59. The van der Waals surface area contributed by atoms with Crippen molar-refractivity contribution in [3.63, 3.8) is 0 Å². The van der Waals surface area contributed by atoms with Crippen molar-refractivity contribution in [1.29, 1.82) is 0 Å². The van der Waals surface area contributed by atoms with Crippen LogP contribution >= 0.6 is 15.9 Å². The summed E-state index contributed by atoms with van der Waals surface area (Å²) >= 11 is 3.58. The van der Waals surface area contributed by atoms with E-state index in [1.807, 2.05) is 42.7 Å². The van der Waals surface area contributed by atoms with Gasteiger partial charge in [-0.3, -0.25) is 4.98 Å². The molecule has 0 aliphatic carbocycles. The second-order valence-electron chi connectivity index (χ2n) is 4.91. The Balaban J connectivity index is 2.04. The minimum atomic E-state index is -0.442. The maximum atomic E-state index is 9.59. The highest BCUT2D eigenvalue weighted by atomic mass is 79.9. The lowest BCUT2D eigenvalue weighted by Crippen LogP contribution is -2.20. The van der Waals surface area contributed by atoms with E-state index in [1.165, 1.54) is 5.56 Å². The maximum Gasteiger partial charge on any atom is 0.0762 e. The topological polar surface area (TPSA) is 36.4 Å². The highest BCUT2D eigenvalue weighted by Gasteiger charge is 2.09. The monoisotopic (exact) mass is 334 g/mol. The number of hydrogen-bond donors (Lipinski definition) is 1. The number of pyridine rings is 1. The van der Waals surface area contributed by atoms with E-state index in [0.717, 1.165) is 28.7 Å². The van der Waals surface area contributed by atoms with Gasteiger partial charge in [-0.2, -0.15) is 0 Å². The number of halogens is 1. The number of anilines is 1. The standard InChI is InChI=1S/C16H19BrN2O/c1-12(20)14-3-4-16(15(17)11-14)19(2)10-7-13-5-8-18-9-6-13/h3-6,8-9,11-12,20H,7,10H2,1-2H3/t12-/m1/s1. The number of nitrogens with zero attached hydrogens (tertiary/aromatic N) is 2. The van der Waals surface area contributed by atoms with E-state index in [4.69, 9.17) is 0 Å². The molecule has 0 radical (unpaired) electrons. The zero-order valence-electron chi connectivity index (χ0n) is 11.8. The number of aliphatic hydroxyl groups is 1. The van der Waals surface area contributed by atoms with Crippen LogP contribution in [0.25, 0.3) is 0 Å². The van der Waals surface area contributed by atoms with Gasteiger partial charge in [0.25, 0.3) is 0 Å². The number of aliphatic hydroxyl groups excluding tert-OH is 1. The molecule has 1 heterocycles. The van der Waals surface area contributed by atoms with Gasteiger partial charge in [-0.25, -0.2) is 0 Å². The minimum Gasteiger partial charge on any atom is -0.389 e. The number of aromatic nitrogens is 1. The van der Waals surface area contributed by atoms with Crippen LogP contribution in [0.3, 0.4) is 0 Å². The van der Waals surface area contributed by atoms with Gasteiger partial charge in [0.05, 0.1) is 11.8 Å². The van der Waals surface area contributed by atoms with Gasteiger partial charge in [-0.1, -0.05) is 6.07 Å². The molecule has 1 atom stereocenters. The lowest BCUT2D eigenvalue weighted by Gasteiger charge is -2.21. The molecule has 2 rings (SSSR count). The average Bonchev–Trinajstić information content (AvgIpc) is 2.45. The third kappa shape index (κ3) is 3.81. The first-order chi connectivity index (χ1) is 9.58. The van der Waals surface area contributed by atoms with Crippen LogP contribution in [0, 0.1) is 0 Å². The van der Waals surface area contributed by atoms with E-state index in [0.29, 0.717) is 0 Å². The Hall–Kier alpha value is -1.39. The molecule has 0 spiro atoms. The van der Waals surface area contributed by atoms with Gasteiger partial charge in [0.2, 0.25) is 0 Å². The summed E-state index contributed by atoms with van der Waals surface area (Å²) in [5.41, 5.74) is 3.33. The summed E-state index contributed by atoms with van der Waals surface area (Å²) in [6, 6.07) is 10.1. The molecular weight excluding hydrogens is 316 g/mol. The van der Waals surface area contributed by atoms with Crippen molar-refractivity contribution in [3.05, 3.63) is 58.3 Å². The van der Waals surface area contributed by atoms with Crippen molar-refractivity contribution in [2.45, 2.75) is 19.4 Å². The normalized spacial score (nSPS) is 12.2. The van der Waals surface area contributed by atoms with Gasteiger partial charge in [0.1, 0.15) is 0 Å². The second-order valence-corrected chi connectivity index (χ2v) is 5.77. The van der Waals surface area contributed by atoms with Crippen LogP contribution in [0.15, 0.2) is 47.2 Å². The van der Waals surface area contributed by atoms with Crippen molar-refractivity contribution in [2.75, 3.05) is 18.5 Å². The summed E-state index contributed by atoms with van der Waals surface area (Å²) in [7, 11) is 2.07. The molecular formula is C16H19BrN2O. The van der Waals surface area contributed by atoms with Gasteiger partial charge in [0.15, 0.2) is 0 Å². The fourth-order valence-corrected chi connectivity index (χ4v) is 2.76. The van der Waals surface area contributed by atoms with E-state index in [1.54, 1.807) is 6.92 Å². The molecule has 0 amide bonds. The van der Waals surface area contributed by atoms with Crippen molar-refractivity contribution in [3.8, 4) is 0 Å². The molecule has 106 valence electrons. The first-order valence-electron chi connectivity index (χ1n) is 6.65. The third-order valence-corrected chi connectivity index (χ3v) is 3.99. The SMILES string of the molecule is C[C@@H](O)c1ccc(N(C)CCc2ccncc2)c(Br)c1. The molecule has 0 saturated heterocycles. The van der Waals surface area contributed by atoms with E-state index < -0.39 is 6.10 Å². The highest BCUT2D eigenvalue weighted by Crippen LogP contribution is 2.28. The molecule has 1 aromatic carbocycles. The maximum absolute atomic E-state index is 9.59. The van der Waals surface area contributed by atoms with Crippen molar-refractivity contribution >= 4 is 21.6 Å². The predicted molar refractivity (Wildman–Crippen MR) is 86.0 cm³/mol. The van der Waals surface area contributed by atoms with E-state index >= 15 is 0 Å². The molecule has 0 aliphatic rings. The smallest absolute Gasteiger partial charge is 0.0762 e. The largest absolute Gasteiger partial charge is 0.389 e. The Bertz CT molecular complexity index is 558. The van der Waals surface area contributed by atoms with Crippen molar-refractivity contribution in [2.24, 2.45) is 0 Å². The summed E-state index contributed by atoms with van der Waals surface area (Å²) in [6.45, 7) is 2.70. The molecule has 0 fully saturated rings. The molecule has 1 aromatic heterocycles. The van der Waals surface area contributed by atoms with E-state index in [2.05, 4.69) is 32.9 Å². The van der Waals surface area contributed by atoms with Crippen LogP contribution in [-0.4, -0.2) is 23.7 Å². The Kier molecular flexibility index (Phi) is 5.15. The van der Waals surface area contributed by atoms with Gasteiger partial charge < -0.3 is 10.0 Å². The lowest BCUT2D eigenvalue weighted by atomic mass is 10.1. The van der Waals surface area contributed by atoms with Crippen LogP contribution in [0.2, 0.25) is 0 Å². The van der Waals surface area contributed by atoms with Crippen LogP contribution < -0.4 is 4.90 Å². The third-order valence-electron chi connectivity index (χ3n) is 3.35. The Morgan fingerprint density at radius 2 is 1.95 bits per heavy atom. The van der Waals surface area contributed by atoms with Crippen LogP contribution in [-0.2, 0) is 6.42 Å². The van der Waals surface area contributed by atoms with E-state index in [9.17, 15) is 5.11 Å². The predicted octanol–water partition coefficient (Wildman–Crippen LogP) is 3.58. The summed E-state index contributed by atoms with van der Waals surface area (Å²) in [6.07, 6.45) is 4.18. The fraction of sp³-hybridized carbons (Fsp3) is 0.312. The van der Waals surface area contributed by atoms with Gasteiger partial charge >= 0.3 is 0 Å². The van der Waals surface area contributed by atoms with Crippen molar-refractivity contribution in [1.82, 2.24) is 4.98 Å². The first kappa shape index (κ1) is 15.0. The van der Waals surface area contributed by atoms with Crippen LogP contribution in [0.1, 0.15) is 24.2 Å². The molecule has 0 unspecified atom stereocenters. The molecule has 1 N–H and O–H groups in total. The molecule has 4 heteroatoms. The van der Waals surface area contributed by atoms with Gasteiger partial charge in [-0.15, -0.1) is 0 Å². The molecule has 20 heavy (non-hydrogen) atoms. The molecule has 0 bridgehead atoms. The zero-order valence-corrected chi connectivity index (χ0v) is 13.3. The van der Waals surface area contributed by atoms with Crippen LogP contribution in [0.5, 0.6) is 0 Å². The van der Waals surface area contributed by atoms with Crippen LogP contribution in [0.4, 0.5) is 5.69 Å². The molecule has 0 aliphatic heterocycles. The second kappa shape index (κ2) is 6.86. The Morgan fingerprint density at radius 3 is 2.55 bits per heavy atom. The number of likely N-dealkylation sites (N-methyl/N-ethyl adjacent to an activating group) is 1. The summed E-state index contributed by atoms with van der Waals surface area (Å²) in [4.78, 5) is 6.23. The minimum absolute atomic E-state index is 0.442. The van der Waals surface area contributed by atoms with Gasteiger partial charge in [-0.05, 0) is 64.7 Å². The van der Waals surface area contributed by atoms with Crippen molar-refractivity contribution < 1.29 is 5.11 Å². The zero-order chi connectivity index (χ0) is 14.5. The quantitative estimate of drug-likeness (QED) is 0.907. The average molecular weight is 335 g/mol. The number of rotatable bonds is 5. The van der Waals surface area contributed by atoms with Gasteiger partial charge in [0, 0.05) is 30.5 Å². The lowest BCUT2D eigenvalue weighted by molar-refractivity contribution is 0.199. The molecule has 0 saturated carbocycles. The number of hydrogen-bond acceptors (Lipinski definition) is 3. The summed E-state index contributed by atoms with van der Waals surface area (Å²) < 4.78 is 1.01. The van der Waals surface area contributed by atoms with E-state index in [-0.39, 0.29) is 0 Å². The molecule has 3 nitrogen and oxygen atoms in total. The summed E-state index contributed by atoms with van der Waals surface area (Å²) in [5.74, 6) is 0. The number of benzene rings is 1. The highest BCUT2D eigenvalue weighted by molar-refractivity contribution is 9.10. The fourth-order valence-electron chi connectivity index (χ4n) is 2.06. The Morgan fingerprint density at radius 1 is 1.25 bits per heavy atom. The first-order valence-corrected chi connectivity index (χ1v) is 7.45.